The number of hydrogen-bond donors (Lipinski definition) is 3. The summed E-state index contributed by atoms with van der Waals surface area (Å²) < 4.78 is 5.56. The third-order valence-electron chi connectivity index (χ3n) is 3.58. The molecule has 3 rings (SSSR count). The molecule has 18 heavy (non-hydrogen) atoms. The maximum Gasteiger partial charge on any atom is 0.224 e. The Kier molecular flexibility index (Phi) is 2.55. The molecule has 96 valence electrons. The number of nitrogens with two attached hydrogens (primary N) is 1. The lowest BCUT2D eigenvalue weighted by Crippen LogP contribution is -2.45. The Morgan fingerprint density at radius 2 is 2.33 bits per heavy atom. The molecule has 0 amide bonds. The van der Waals surface area contributed by atoms with Gasteiger partial charge in [0.1, 0.15) is 5.52 Å². The van der Waals surface area contributed by atoms with Gasteiger partial charge in [0.05, 0.1) is 11.9 Å². The summed E-state index contributed by atoms with van der Waals surface area (Å²) in [6.45, 7) is 0.716. The number of H-pyrrole nitrogens is 1. The highest BCUT2D eigenvalue weighted by Crippen LogP contribution is 2.35. The summed E-state index contributed by atoms with van der Waals surface area (Å²) in [6.07, 6.45) is 4.94. The van der Waals surface area contributed by atoms with Crippen molar-refractivity contribution >= 4 is 22.9 Å². The third-order valence-corrected chi connectivity index (χ3v) is 3.58. The predicted octanol–water partition coefficient (Wildman–Crippen LogP) is 0.916. The Morgan fingerprint density at radius 3 is 3.00 bits per heavy atom. The second-order valence-electron chi connectivity index (χ2n) is 4.63. The molecule has 0 aliphatic heterocycles. The zero-order chi connectivity index (χ0) is 12.6. The van der Waals surface area contributed by atoms with Crippen LogP contribution in [0.2, 0.25) is 0 Å². The van der Waals surface area contributed by atoms with Gasteiger partial charge in [-0.1, -0.05) is 0 Å². The van der Waals surface area contributed by atoms with Crippen molar-refractivity contribution in [1.29, 1.82) is 0 Å². The van der Waals surface area contributed by atoms with E-state index in [4.69, 9.17) is 10.5 Å². The first kappa shape index (κ1) is 11.2. The van der Waals surface area contributed by atoms with E-state index in [0.717, 1.165) is 18.4 Å². The Morgan fingerprint density at radius 1 is 1.50 bits per heavy atom. The van der Waals surface area contributed by atoms with Gasteiger partial charge in [0.2, 0.25) is 5.95 Å². The number of imidazole rings is 1. The van der Waals surface area contributed by atoms with Gasteiger partial charge in [-0.05, 0) is 19.3 Å². The second kappa shape index (κ2) is 4.09. The van der Waals surface area contributed by atoms with E-state index in [1.54, 1.807) is 13.4 Å². The molecule has 0 bridgehead atoms. The molecule has 1 aliphatic carbocycles. The molecular formula is C11H16N6O. The van der Waals surface area contributed by atoms with Gasteiger partial charge >= 0.3 is 0 Å². The van der Waals surface area contributed by atoms with Crippen molar-refractivity contribution < 1.29 is 4.74 Å². The molecule has 1 saturated carbocycles. The van der Waals surface area contributed by atoms with Crippen molar-refractivity contribution in [2.45, 2.75) is 24.9 Å². The molecule has 0 unspecified atom stereocenters. The van der Waals surface area contributed by atoms with Gasteiger partial charge in [-0.3, -0.25) is 0 Å². The number of ether oxygens (including phenoxy) is 1. The molecular weight excluding hydrogens is 232 g/mol. The lowest BCUT2D eigenvalue weighted by atomic mass is 9.80. The van der Waals surface area contributed by atoms with Gasteiger partial charge in [0.25, 0.3) is 0 Å². The minimum Gasteiger partial charge on any atom is -0.376 e. The number of anilines is 2. The fourth-order valence-corrected chi connectivity index (χ4v) is 2.25. The van der Waals surface area contributed by atoms with Crippen molar-refractivity contribution in [2.75, 3.05) is 24.7 Å². The summed E-state index contributed by atoms with van der Waals surface area (Å²) >= 11 is 0. The van der Waals surface area contributed by atoms with Crippen LogP contribution < -0.4 is 11.1 Å². The largest absolute Gasteiger partial charge is 0.376 e. The highest BCUT2D eigenvalue weighted by Gasteiger charge is 2.36. The van der Waals surface area contributed by atoms with Crippen molar-refractivity contribution in [3.8, 4) is 0 Å². The van der Waals surface area contributed by atoms with Crippen molar-refractivity contribution in [2.24, 2.45) is 0 Å². The molecule has 4 N–H and O–H groups in total. The molecule has 2 aromatic heterocycles. The van der Waals surface area contributed by atoms with E-state index in [1.807, 2.05) is 0 Å². The summed E-state index contributed by atoms with van der Waals surface area (Å²) in [5.41, 5.74) is 6.94. The summed E-state index contributed by atoms with van der Waals surface area (Å²) in [6, 6.07) is 0. The Hall–Kier alpha value is -1.89. The molecule has 7 heteroatoms. The number of aromatic nitrogens is 4. The summed E-state index contributed by atoms with van der Waals surface area (Å²) in [4.78, 5) is 15.3. The summed E-state index contributed by atoms with van der Waals surface area (Å²) in [7, 11) is 1.75. The second-order valence-corrected chi connectivity index (χ2v) is 4.63. The predicted molar refractivity (Wildman–Crippen MR) is 68.2 cm³/mol. The molecule has 0 atom stereocenters. The zero-order valence-electron chi connectivity index (χ0n) is 10.2. The van der Waals surface area contributed by atoms with Crippen LogP contribution in [0.1, 0.15) is 19.3 Å². The Bertz CT molecular complexity index is 556. The standard InChI is InChI=1S/C11H16N6O/c1-18-11(3-2-4-11)5-13-8-7-9(15-6-14-7)17-10(12)16-8/h6H,2-5H2,1H3,(H4,12,13,14,15,16,17). The van der Waals surface area contributed by atoms with Crippen LogP contribution in [0.3, 0.4) is 0 Å². The normalized spacial score (nSPS) is 17.6. The minimum absolute atomic E-state index is 0.0634. The summed E-state index contributed by atoms with van der Waals surface area (Å²) in [5.74, 6) is 0.899. The van der Waals surface area contributed by atoms with Crippen LogP contribution in [0.25, 0.3) is 11.2 Å². The number of hydrogen-bond acceptors (Lipinski definition) is 6. The van der Waals surface area contributed by atoms with Gasteiger partial charge in [-0.2, -0.15) is 9.97 Å². The number of nitrogens with zero attached hydrogens (tertiary/aromatic N) is 3. The molecule has 0 spiro atoms. The van der Waals surface area contributed by atoms with E-state index < -0.39 is 0 Å². The molecule has 2 heterocycles. The van der Waals surface area contributed by atoms with Gasteiger partial charge in [-0.15, -0.1) is 0 Å². The van der Waals surface area contributed by atoms with Crippen LogP contribution in [-0.2, 0) is 4.74 Å². The highest BCUT2D eigenvalue weighted by molar-refractivity contribution is 5.83. The molecule has 2 aromatic rings. The maximum atomic E-state index is 5.65. The number of aromatic amines is 1. The number of methoxy groups -OCH3 is 1. The first-order valence-electron chi connectivity index (χ1n) is 5.98. The topological polar surface area (TPSA) is 102 Å². The fourth-order valence-electron chi connectivity index (χ4n) is 2.25. The minimum atomic E-state index is -0.0634. The van der Waals surface area contributed by atoms with Crippen LogP contribution in [0.4, 0.5) is 11.8 Å². The van der Waals surface area contributed by atoms with Gasteiger partial charge < -0.3 is 20.8 Å². The number of nitrogen functional groups attached to an aromatic ring is 1. The fraction of sp³-hybridized carbons (Fsp3) is 0.545. The van der Waals surface area contributed by atoms with E-state index in [2.05, 4.69) is 25.3 Å². The first-order valence-corrected chi connectivity index (χ1v) is 5.98. The smallest absolute Gasteiger partial charge is 0.224 e. The molecule has 0 radical (unpaired) electrons. The highest BCUT2D eigenvalue weighted by atomic mass is 16.5. The van der Waals surface area contributed by atoms with Crippen molar-refractivity contribution in [1.82, 2.24) is 19.9 Å². The van der Waals surface area contributed by atoms with Crippen LogP contribution in [0.5, 0.6) is 0 Å². The summed E-state index contributed by atoms with van der Waals surface area (Å²) in [5, 5.41) is 3.28. The lowest BCUT2D eigenvalue weighted by Gasteiger charge is -2.40. The van der Waals surface area contributed by atoms with Crippen LogP contribution >= 0.6 is 0 Å². The molecule has 0 aromatic carbocycles. The van der Waals surface area contributed by atoms with Gasteiger partial charge in [-0.25, -0.2) is 4.98 Å². The van der Waals surface area contributed by atoms with Gasteiger partial charge in [0.15, 0.2) is 11.5 Å². The molecule has 7 nitrogen and oxygen atoms in total. The van der Waals surface area contributed by atoms with Crippen LogP contribution in [-0.4, -0.2) is 39.2 Å². The van der Waals surface area contributed by atoms with E-state index in [1.165, 1.54) is 6.42 Å². The monoisotopic (exact) mass is 248 g/mol. The third kappa shape index (κ3) is 1.76. The molecule has 1 aliphatic rings. The number of fused-ring (bicyclic) bond motifs is 1. The number of nitrogens with one attached hydrogen (secondary N) is 2. The van der Waals surface area contributed by atoms with E-state index >= 15 is 0 Å². The quantitative estimate of drug-likeness (QED) is 0.743. The van der Waals surface area contributed by atoms with E-state index in [-0.39, 0.29) is 11.5 Å². The lowest BCUT2D eigenvalue weighted by molar-refractivity contribution is -0.0601. The van der Waals surface area contributed by atoms with E-state index in [9.17, 15) is 0 Å². The molecule has 1 fully saturated rings. The average Bonchev–Trinajstić information content (AvgIpc) is 2.75. The Labute approximate surface area is 104 Å². The van der Waals surface area contributed by atoms with Crippen molar-refractivity contribution in [3.05, 3.63) is 6.33 Å². The van der Waals surface area contributed by atoms with Crippen molar-refractivity contribution in [3.63, 3.8) is 0 Å². The first-order chi connectivity index (χ1) is 8.72. The number of rotatable bonds is 4. The van der Waals surface area contributed by atoms with E-state index in [0.29, 0.717) is 18.0 Å². The maximum absolute atomic E-state index is 5.65. The molecule has 0 saturated heterocycles. The Balaban J connectivity index is 1.83. The SMILES string of the molecule is COC1(CNc2nc(N)nc3nc[nH]c23)CCC1. The van der Waals surface area contributed by atoms with Gasteiger partial charge in [0, 0.05) is 13.7 Å². The average molecular weight is 248 g/mol. The van der Waals surface area contributed by atoms with Crippen LogP contribution in [0, 0.1) is 0 Å². The zero-order valence-corrected chi connectivity index (χ0v) is 10.2. The van der Waals surface area contributed by atoms with Crippen LogP contribution in [0.15, 0.2) is 6.33 Å².